The first-order valence-corrected chi connectivity index (χ1v) is 5.95. The van der Waals surface area contributed by atoms with Crippen molar-refractivity contribution in [1.82, 2.24) is 0 Å². The van der Waals surface area contributed by atoms with Crippen molar-refractivity contribution in [2.75, 3.05) is 46.2 Å². The largest absolute Gasteiger partial charge is 0.396 e. The minimum absolute atomic E-state index is 0.135. The monoisotopic (exact) mass is 251 g/mol. The Labute approximate surface area is 103 Å². The molecule has 0 saturated carbocycles. The summed E-state index contributed by atoms with van der Waals surface area (Å²) in [6.45, 7) is 6.56. The van der Waals surface area contributed by atoms with Crippen molar-refractivity contribution in [3.05, 3.63) is 0 Å². The molecule has 3 N–H and O–H groups in total. The van der Waals surface area contributed by atoms with Crippen molar-refractivity contribution in [3.63, 3.8) is 0 Å². The van der Waals surface area contributed by atoms with E-state index >= 15 is 0 Å². The molecule has 0 radical (unpaired) electrons. The maximum absolute atomic E-state index is 8.53. The Morgan fingerprint density at radius 1 is 1.00 bits per heavy atom. The smallest absolute Gasteiger partial charge is 0.221 e. The maximum atomic E-state index is 8.53. The number of aliphatic hydroxyl groups excluding tert-OH is 1. The molecule has 6 nitrogen and oxygen atoms in total. The molecule has 0 bridgehead atoms. The third-order valence-corrected chi connectivity index (χ3v) is 1.88. The number of aliphatic hydroxyl groups is 1. The van der Waals surface area contributed by atoms with Crippen LogP contribution in [0.2, 0.25) is 0 Å². The van der Waals surface area contributed by atoms with Gasteiger partial charge in [-0.15, -0.1) is 0 Å². The van der Waals surface area contributed by atoms with Gasteiger partial charge in [-0.25, -0.2) is 0 Å². The number of nitrogens with two attached hydrogens (primary N) is 1. The van der Waals surface area contributed by atoms with E-state index in [9.17, 15) is 0 Å². The molecular weight excluding hydrogens is 226 g/mol. The fourth-order valence-corrected chi connectivity index (χ4v) is 1.06. The van der Waals surface area contributed by atoms with Gasteiger partial charge in [0.25, 0.3) is 0 Å². The average molecular weight is 251 g/mol. The van der Waals surface area contributed by atoms with Crippen molar-refractivity contribution >= 4 is 0 Å². The second-order valence-electron chi connectivity index (χ2n) is 3.60. The summed E-state index contributed by atoms with van der Waals surface area (Å²) in [4.78, 5) is 0. The molecule has 0 rings (SSSR count). The van der Waals surface area contributed by atoms with E-state index in [4.69, 9.17) is 29.8 Å². The van der Waals surface area contributed by atoms with Crippen molar-refractivity contribution < 1.29 is 24.1 Å². The van der Waals surface area contributed by atoms with Crippen LogP contribution in [0.15, 0.2) is 0 Å². The summed E-state index contributed by atoms with van der Waals surface area (Å²) in [5.41, 5.74) is 5.74. The van der Waals surface area contributed by atoms with Crippen molar-refractivity contribution in [1.29, 1.82) is 0 Å². The zero-order valence-corrected chi connectivity index (χ0v) is 10.8. The molecular formula is C11H25NO5. The Morgan fingerprint density at radius 2 is 1.59 bits per heavy atom. The highest BCUT2D eigenvalue weighted by molar-refractivity contribution is 4.51. The van der Waals surface area contributed by atoms with Gasteiger partial charge in [-0.2, -0.15) is 0 Å². The summed E-state index contributed by atoms with van der Waals surface area (Å²) in [6.07, 6.45) is 0.630. The second kappa shape index (κ2) is 10.9. The summed E-state index contributed by atoms with van der Waals surface area (Å²) in [5, 5.41) is 8.53. The molecule has 0 aliphatic carbocycles. The number of rotatable bonds is 12. The normalized spacial score (nSPS) is 14.8. The molecule has 0 saturated heterocycles. The third-order valence-electron chi connectivity index (χ3n) is 1.88. The minimum atomic E-state index is -1.11. The lowest BCUT2D eigenvalue weighted by atomic mass is 10.5. The molecule has 6 heteroatoms. The Morgan fingerprint density at radius 3 is 2.12 bits per heavy atom. The highest BCUT2D eigenvalue weighted by atomic mass is 16.7. The topological polar surface area (TPSA) is 83.2 Å². The number of hydrogen-bond acceptors (Lipinski definition) is 6. The van der Waals surface area contributed by atoms with Gasteiger partial charge >= 0.3 is 0 Å². The molecule has 17 heavy (non-hydrogen) atoms. The Hall–Kier alpha value is -0.240. The van der Waals surface area contributed by atoms with Gasteiger partial charge in [-0.1, -0.05) is 0 Å². The second-order valence-corrected chi connectivity index (χ2v) is 3.60. The van der Waals surface area contributed by atoms with E-state index < -0.39 is 5.91 Å². The van der Waals surface area contributed by atoms with Crippen LogP contribution in [-0.4, -0.2) is 57.3 Å². The molecule has 1 unspecified atom stereocenters. The molecule has 0 fully saturated rings. The lowest BCUT2D eigenvalue weighted by Gasteiger charge is -2.25. The average Bonchev–Trinajstić information content (AvgIpc) is 2.29. The van der Waals surface area contributed by atoms with E-state index in [0.29, 0.717) is 46.1 Å². The molecule has 0 amide bonds. The first-order chi connectivity index (χ1) is 8.12. The summed E-state index contributed by atoms with van der Waals surface area (Å²) in [6, 6.07) is 0. The summed E-state index contributed by atoms with van der Waals surface area (Å²) < 4.78 is 20.9. The van der Waals surface area contributed by atoms with Gasteiger partial charge in [0.2, 0.25) is 5.91 Å². The van der Waals surface area contributed by atoms with E-state index in [-0.39, 0.29) is 6.61 Å². The van der Waals surface area contributed by atoms with Gasteiger partial charge in [-0.05, 0) is 13.3 Å². The van der Waals surface area contributed by atoms with Crippen LogP contribution < -0.4 is 5.73 Å². The first-order valence-electron chi connectivity index (χ1n) is 5.95. The van der Waals surface area contributed by atoms with Crippen molar-refractivity contribution in [2.24, 2.45) is 5.73 Å². The zero-order chi connectivity index (χ0) is 13.0. The lowest BCUT2D eigenvalue weighted by Crippen LogP contribution is -2.43. The van der Waals surface area contributed by atoms with Gasteiger partial charge in [0.1, 0.15) is 0 Å². The number of hydrogen-bond donors (Lipinski definition) is 2. The molecule has 0 aromatic carbocycles. The summed E-state index contributed by atoms with van der Waals surface area (Å²) in [7, 11) is 0. The van der Waals surface area contributed by atoms with Gasteiger partial charge in [-0.3, -0.25) is 5.73 Å². The van der Waals surface area contributed by atoms with E-state index in [2.05, 4.69) is 0 Å². The lowest BCUT2D eigenvalue weighted by molar-refractivity contribution is -0.231. The van der Waals surface area contributed by atoms with Gasteiger partial charge < -0.3 is 24.1 Å². The van der Waals surface area contributed by atoms with Crippen LogP contribution in [0, 0.1) is 0 Å². The van der Waals surface area contributed by atoms with Crippen LogP contribution in [0.25, 0.3) is 0 Å². The molecule has 0 aliphatic rings. The molecule has 0 aliphatic heterocycles. The van der Waals surface area contributed by atoms with Crippen LogP contribution >= 0.6 is 0 Å². The minimum Gasteiger partial charge on any atom is -0.396 e. The standard InChI is InChI=1S/C11H25NO5/c1-3-14-7-9-16-11(2,12)17-10-8-15-6-4-5-13/h13H,3-10,12H2,1-2H3. The van der Waals surface area contributed by atoms with Crippen molar-refractivity contribution in [2.45, 2.75) is 26.2 Å². The summed E-state index contributed by atoms with van der Waals surface area (Å²) >= 11 is 0. The van der Waals surface area contributed by atoms with Crippen LogP contribution in [-0.2, 0) is 18.9 Å². The van der Waals surface area contributed by atoms with E-state index in [1.165, 1.54) is 0 Å². The quantitative estimate of drug-likeness (QED) is 0.378. The van der Waals surface area contributed by atoms with Gasteiger partial charge in [0.05, 0.1) is 26.4 Å². The van der Waals surface area contributed by atoms with E-state index in [0.717, 1.165) is 0 Å². The van der Waals surface area contributed by atoms with Crippen LogP contribution in [0.1, 0.15) is 20.3 Å². The maximum Gasteiger partial charge on any atom is 0.221 e. The zero-order valence-electron chi connectivity index (χ0n) is 10.8. The fourth-order valence-electron chi connectivity index (χ4n) is 1.06. The molecule has 104 valence electrons. The van der Waals surface area contributed by atoms with Gasteiger partial charge in [0, 0.05) is 26.7 Å². The Balaban J connectivity index is 3.37. The highest BCUT2D eigenvalue weighted by Gasteiger charge is 2.18. The molecule has 0 spiro atoms. The van der Waals surface area contributed by atoms with Crippen LogP contribution in [0.5, 0.6) is 0 Å². The van der Waals surface area contributed by atoms with Gasteiger partial charge in [0.15, 0.2) is 0 Å². The highest BCUT2D eigenvalue weighted by Crippen LogP contribution is 2.03. The predicted octanol–water partition coefficient (Wildman–Crippen LogP) is 0.0875. The molecule has 0 aromatic rings. The SMILES string of the molecule is CCOCCOC(C)(N)OCCOCCCO. The van der Waals surface area contributed by atoms with E-state index in [1.54, 1.807) is 6.92 Å². The Kier molecular flexibility index (Phi) is 10.7. The van der Waals surface area contributed by atoms with Crippen molar-refractivity contribution in [3.8, 4) is 0 Å². The van der Waals surface area contributed by atoms with Crippen LogP contribution in [0.3, 0.4) is 0 Å². The molecule has 0 heterocycles. The Bertz CT molecular complexity index is 166. The van der Waals surface area contributed by atoms with Crippen LogP contribution in [0.4, 0.5) is 0 Å². The first kappa shape index (κ1) is 16.8. The predicted molar refractivity (Wildman–Crippen MR) is 63.5 cm³/mol. The van der Waals surface area contributed by atoms with E-state index in [1.807, 2.05) is 6.92 Å². The molecule has 0 aromatic heterocycles. The third kappa shape index (κ3) is 12.0. The fraction of sp³-hybridized carbons (Fsp3) is 1.00. The molecule has 1 atom stereocenters. The number of ether oxygens (including phenoxy) is 4. The summed E-state index contributed by atoms with van der Waals surface area (Å²) in [5.74, 6) is -1.11.